The molecule has 0 spiro atoms. The number of rotatable bonds is 9. The average molecular weight is 710 g/mol. The molecule has 3 atom stereocenters. The quantitative estimate of drug-likeness (QED) is 0.106. The van der Waals surface area contributed by atoms with Crippen LogP contribution in [0.25, 0.3) is 44.6 Å². The molecule has 0 amide bonds. The van der Waals surface area contributed by atoms with Crippen LogP contribution in [0.4, 0.5) is 11.5 Å². The van der Waals surface area contributed by atoms with Gasteiger partial charge in [0.15, 0.2) is 11.4 Å². The highest BCUT2D eigenvalue weighted by Crippen LogP contribution is 2.38. The van der Waals surface area contributed by atoms with Crippen molar-refractivity contribution in [1.29, 1.82) is 5.26 Å². The summed E-state index contributed by atoms with van der Waals surface area (Å²) in [5, 5.41) is 47.2. The highest BCUT2D eigenvalue weighted by Gasteiger charge is 2.36. The summed E-state index contributed by atoms with van der Waals surface area (Å²) < 4.78 is 5.59. The van der Waals surface area contributed by atoms with Crippen molar-refractivity contribution in [1.82, 2.24) is 19.9 Å². The maximum absolute atomic E-state index is 13.4. The van der Waals surface area contributed by atoms with Gasteiger partial charge in [-0.2, -0.15) is 5.26 Å². The highest BCUT2D eigenvalue weighted by molar-refractivity contribution is 5.91. The molecule has 2 saturated heterocycles. The molecule has 3 aromatic carbocycles. The van der Waals surface area contributed by atoms with Crippen LogP contribution in [-0.4, -0.2) is 73.0 Å². The third-order valence-corrected chi connectivity index (χ3v) is 10.7. The van der Waals surface area contributed by atoms with Crippen LogP contribution < -0.4 is 5.32 Å². The number of aliphatic hydroxyl groups excluding tert-OH is 1. The molecule has 0 aliphatic carbocycles. The zero-order valence-corrected chi connectivity index (χ0v) is 29.5. The second-order valence-electron chi connectivity index (χ2n) is 14.4. The van der Waals surface area contributed by atoms with Gasteiger partial charge in [-0.3, -0.25) is 14.7 Å². The molecular formula is C41H39N7O5. The number of hydrogen-bond donors (Lipinski definition) is 3. The van der Waals surface area contributed by atoms with Crippen LogP contribution in [0.2, 0.25) is 0 Å². The van der Waals surface area contributed by atoms with E-state index in [1.807, 2.05) is 43.5 Å². The number of anilines is 2. The van der Waals surface area contributed by atoms with Gasteiger partial charge < -0.3 is 29.8 Å². The molecule has 2 aliphatic rings. The van der Waals surface area contributed by atoms with Gasteiger partial charge in [0.25, 0.3) is 0 Å². The van der Waals surface area contributed by atoms with Crippen LogP contribution in [0.1, 0.15) is 40.7 Å². The molecule has 268 valence electrons. The highest BCUT2D eigenvalue weighted by atomic mass is 16.5. The number of aliphatic hydroxyl groups is 1. The number of nitriles is 1. The first-order valence-electron chi connectivity index (χ1n) is 17.8. The summed E-state index contributed by atoms with van der Waals surface area (Å²) in [7, 11) is 0. The van der Waals surface area contributed by atoms with Gasteiger partial charge in [-0.15, -0.1) is 0 Å². The van der Waals surface area contributed by atoms with E-state index in [1.54, 1.807) is 18.3 Å². The third kappa shape index (κ3) is 6.71. The lowest BCUT2D eigenvalue weighted by Gasteiger charge is -2.38. The zero-order valence-electron chi connectivity index (χ0n) is 29.5. The van der Waals surface area contributed by atoms with Gasteiger partial charge in [0.1, 0.15) is 29.6 Å². The predicted molar refractivity (Wildman–Crippen MR) is 201 cm³/mol. The molecule has 2 aliphatic heterocycles. The van der Waals surface area contributed by atoms with E-state index in [9.17, 15) is 25.5 Å². The number of nitrogens with one attached hydrogen (secondary N) is 1. The molecule has 12 heteroatoms. The van der Waals surface area contributed by atoms with Gasteiger partial charge in [-0.1, -0.05) is 24.3 Å². The first-order valence-corrected chi connectivity index (χ1v) is 17.8. The number of nitrogens with zero attached hydrogens (tertiary/aromatic N) is 6. The van der Waals surface area contributed by atoms with Crippen LogP contribution in [0.3, 0.4) is 0 Å². The molecule has 2 fully saturated rings. The van der Waals surface area contributed by atoms with Crippen LogP contribution in [0, 0.1) is 36.3 Å². The minimum absolute atomic E-state index is 0.00359. The number of β-amino-alcohol motifs (C(OH)–C–C–N with tert-alkyl or cyclic N) is 1. The first-order chi connectivity index (χ1) is 25.6. The number of likely N-dealkylation sites (tertiary alicyclic amines) is 2. The van der Waals surface area contributed by atoms with Crippen molar-refractivity contribution in [2.75, 3.05) is 31.5 Å². The van der Waals surface area contributed by atoms with Crippen molar-refractivity contribution in [3.8, 4) is 28.7 Å². The van der Waals surface area contributed by atoms with Crippen molar-refractivity contribution in [3.63, 3.8) is 0 Å². The van der Waals surface area contributed by atoms with E-state index in [4.69, 9.17) is 14.4 Å². The fourth-order valence-electron chi connectivity index (χ4n) is 7.88. The summed E-state index contributed by atoms with van der Waals surface area (Å²) in [6, 6.07) is 21.8. The Balaban J connectivity index is 1.07. The summed E-state index contributed by atoms with van der Waals surface area (Å²) in [6.07, 6.45) is 4.54. The Kier molecular flexibility index (Phi) is 8.88. The molecule has 3 aromatic heterocycles. The number of pyridine rings is 2. The normalized spacial score (nSPS) is 20.3. The Hall–Kier alpha value is -5.71. The number of fused-ring (bicyclic) bond motifs is 2. The maximum Gasteiger partial charge on any atom is 0.312 e. The van der Waals surface area contributed by atoms with E-state index < -0.39 is 16.5 Å². The fraction of sp³-hybridized carbons (Fsp3) is 0.293. The van der Waals surface area contributed by atoms with Crippen LogP contribution >= 0.6 is 0 Å². The topological polar surface area (TPSA) is 171 Å². The number of benzene rings is 3. The Bertz CT molecular complexity index is 2440. The SMILES string of the molecule is Cc1c(Nc2nccc3cc(CN4CC[C@@H](O)C4)cnc23)cccc1-c1cccc(-c2nc3cc(C[N+]4([O-])CC[C@@H](C(=O)O)C4)cc(C#N)c3o2)c1C. The van der Waals surface area contributed by atoms with E-state index in [1.165, 1.54) is 0 Å². The van der Waals surface area contributed by atoms with Gasteiger partial charge in [0, 0.05) is 60.6 Å². The molecule has 8 rings (SSSR count). The van der Waals surface area contributed by atoms with Gasteiger partial charge >= 0.3 is 5.97 Å². The number of oxazole rings is 1. The number of carbonyl (C=O) groups is 1. The van der Waals surface area contributed by atoms with E-state index >= 15 is 0 Å². The largest absolute Gasteiger partial charge is 0.633 e. The summed E-state index contributed by atoms with van der Waals surface area (Å²) in [5.41, 5.74) is 9.23. The molecule has 0 saturated carbocycles. The lowest BCUT2D eigenvalue weighted by Crippen LogP contribution is -2.39. The second-order valence-corrected chi connectivity index (χ2v) is 14.4. The van der Waals surface area contributed by atoms with Crippen molar-refractivity contribution in [3.05, 3.63) is 106 Å². The second kappa shape index (κ2) is 13.7. The number of hydroxylamine groups is 3. The van der Waals surface area contributed by atoms with Gasteiger partial charge in [-0.25, -0.2) is 9.97 Å². The standard InChI is InChI=1S/C41H39N7O5/c1-24-32(5-3-7-34(24)40-46-36-17-26(15-30(18-42)38(36)53-40)22-48(52)14-11-29(23-48)41(50)51)33-6-4-8-35(25(33)2)45-39-37-28(9-12-43-39)16-27(19-44-37)20-47-13-10-31(49)21-47/h3-9,12,15-17,19,29,31,49H,10-11,13-14,20-23H2,1-2H3,(H,43,45)(H,50,51)/t29-,31-,48?/m1/s1. The molecule has 6 aromatic rings. The van der Waals surface area contributed by atoms with Crippen molar-refractivity contribution >= 4 is 39.5 Å². The number of carboxylic acid groups (broad SMARTS) is 1. The van der Waals surface area contributed by atoms with Gasteiger partial charge in [0.05, 0.1) is 24.8 Å². The minimum atomic E-state index is -0.949. The first kappa shape index (κ1) is 34.4. The predicted octanol–water partition coefficient (Wildman–Crippen LogP) is 6.82. The van der Waals surface area contributed by atoms with E-state index in [2.05, 4.69) is 46.4 Å². The van der Waals surface area contributed by atoms with Crippen molar-refractivity contribution in [2.45, 2.75) is 45.9 Å². The lowest BCUT2D eigenvalue weighted by molar-refractivity contribution is -0.882. The minimum Gasteiger partial charge on any atom is -0.633 e. The summed E-state index contributed by atoms with van der Waals surface area (Å²) in [6.45, 7) is 6.66. The molecule has 5 heterocycles. The van der Waals surface area contributed by atoms with E-state index in [-0.39, 0.29) is 31.3 Å². The molecule has 0 radical (unpaired) electrons. The summed E-state index contributed by atoms with van der Waals surface area (Å²) in [4.78, 5) is 27.9. The van der Waals surface area contributed by atoms with Crippen LogP contribution in [-0.2, 0) is 17.9 Å². The molecule has 3 N–H and O–H groups in total. The number of hydrogen-bond acceptors (Lipinski definition) is 10. The van der Waals surface area contributed by atoms with E-state index in [0.29, 0.717) is 41.3 Å². The lowest BCUT2D eigenvalue weighted by atomic mass is 9.93. The molecular weight excluding hydrogens is 670 g/mol. The summed E-state index contributed by atoms with van der Waals surface area (Å²) in [5.74, 6) is -0.588. The summed E-state index contributed by atoms with van der Waals surface area (Å²) >= 11 is 0. The zero-order chi connectivity index (χ0) is 36.9. The molecule has 12 nitrogen and oxygen atoms in total. The average Bonchev–Trinajstić information content (AvgIpc) is 3.87. The van der Waals surface area contributed by atoms with Crippen molar-refractivity contribution < 1.29 is 24.1 Å². The maximum atomic E-state index is 13.4. The molecule has 1 unspecified atom stereocenters. The number of aromatic nitrogens is 3. The van der Waals surface area contributed by atoms with Crippen LogP contribution in [0.15, 0.2) is 77.5 Å². The smallest absolute Gasteiger partial charge is 0.312 e. The third-order valence-electron chi connectivity index (χ3n) is 10.7. The number of aliphatic carboxylic acids is 1. The van der Waals surface area contributed by atoms with Crippen LogP contribution in [0.5, 0.6) is 0 Å². The fourth-order valence-corrected chi connectivity index (χ4v) is 7.88. The Labute approximate surface area is 306 Å². The molecule has 53 heavy (non-hydrogen) atoms. The van der Waals surface area contributed by atoms with Crippen molar-refractivity contribution in [2.24, 2.45) is 5.92 Å². The van der Waals surface area contributed by atoms with Gasteiger partial charge in [-0.05, 0) is 84.5 Å². The Morgan fingerprint density at radius 3 is 2.60 bits per heavy atom. The Morgan fingerprint density at radius 2 is 1.85 bits per heavy atom. The van der Waals surface area contributed by atoms with Gasteiger partial charge in [0.2, 0.25) is 5.89 Å². The number of carboxylic acids is 1. The monoisotopic (exact) mass is 709 g/mol. The molecule has 0 bridgehead atoms. The number of quaternary nitrogens is 1. The van der Waals surface area contributed by atoms with E-state index in [0.717, 1.165) is 69.5 Å². The Morgan fingerprint density at radius 1 is 1.06 bits per heavy atom.